The van der Waals surface area contributed by atoms with Crippen molar-refractivity contribution >= 4 is 27.5 Å². The van der Waals surface area contributed by atoms with Crippen LogP contribution in [0.2, 0.25) is 0 Å². The van der Waals surface area contributed by atoms with Gasteiger partial charge in [-0.1, -0.05) is 0 Å². The number of anilines is 1. The standard InChI is InChI=1S/C20H17F4N5O/c21-12-1-2-16-13(3-12)14-4-18(15(20(22,23)24)5-17(14)28-16)26-6-19(8-30-9-19)7-29-11-25-10-27-29/h1-5,10-11,26,28H,6-9H2. The number of fused-ring (bicyclic) bond motifs is 3. The third-order valence-electron chi connectivity index (χ3n) is 5.44. The van der Waals surface area contributed by atoms with E-state index in [1.54, 1.807) is 11.0 Å². The van der Waals surface area contributed by atoms with Crippen LogP contribution >= 0.6 is 0 Å². The van der Waals surface area contributed by atoms with Gasteiger partial charge < -0.3 is 15.0 Å². The number of hydrogen-bond donors (Lipinski definition) is 2. The molecule has 4 aromatic rings. The van der Waals surface area contributed by atoms with Gasteiger partial charge in [0.25, 0.3) is 0 Å². The maximum atomic E-state index is 13.8. The third kappa shape index (κ3) is 3.26. The predicted molar refractivity (Wildman–Crippen MR) is 103 cm³/mol. The zero-order valence-corrected chi connectivity index (χ0v) is 15.6. The molecule has 0 unspecified atom stereocenters. The number of nitrogens with zero attached hydrogens (tertiary/aromatic N) is 3. The Balaban J connectivity index is 1.53. The van der Waals surface area contributed by atoms with Crippen LogP contribution in [0.4, 0.5) is 23.2 Å². The molecule has 1 fully saturated rings. The number of aromatic amines is 1. The molecule has 0 saturated carbocycles. The van der Waals surface area contributed by atoms with E-state index in [2.05, 4.69) is 20.4 Å². The molecule has 6 nitrogen and oxygen atoms in total. The summed E-state index contributed by atoms with van der Waals surface area (Å²) in [6, 6.07) is 6.60. The van der Waals surface area contributed by atoms with Crippen molar-refractivity contribution in [2.45, 2.75) is 12.7 Å². The van der Waals surface area contributed by atoms with Crippen molar-refractivity contribution in [1.82, 2.24) is 19.7 Å². The molecule has 3 heterocycles. The highest BCUT2D eigenvalue weighted by molar-refractivity contribution is 6.08. The van der Waals surface area contributed by atoms with Crippen LogP contribution in [0.5, 0.6) is 0 Å². The Morgan fingerprint density at radius 1 is 1.13 bits per heavy atom. The molecule has 1 aliphatic rings. The molecule has 2 aromatic heterocycles. The van der Waals surface area contributed by atoms with Gasteiger partial charge in [0.15, 0.2) is 0 Å². The first-order chi connectivity index (χ1) is 14.3. The van der Waals surface area contributed by atoms with Crippen LogP contribution in [0.15, 0.2) is 43.0 Å². The molecule has 10 heteroatoms. The van der Waals surface area contributed by atoms with E-state index in [4.69, 9.17) is 4.74 Å². The fraction of sp³-hybridized carbons (Fsp3) is 0.300. The summed E-state index contributed by atoms with van der Waals surface area (Å²) < 4.78 is 62.0. The van der Waals surface area contributed by atoms with E-state index in [1.807, 2.05) is 0 Å². The highest BCUT2D eigenvalue weighted by Gasteiger charge is 2.40. The van der Waals surface area contributed by atoms with Crippen molar-refractivity contribution in [2.75, 3.05) is 25.1 Å². The van der Waals surface area contributed by atoms with Crippen molar-refractivity contribution in [1.29, 1.82) is 0 Å². The van der Waals surface area contributed by atoms with E-state index in [-0.39, 0.29) is 12.2 Å². The van der Waals surface area contributed by atoms with Crippen LogP contribution in [0.25, 0.3) is 21.8 Å². The molecule has 0 aliphatic carbocycles. The highest BCUT2D eigenvalue weighted by Crippen LogP contribution is 2.40. The molecule has 0 atom stereocenters. The Hall–Kier alpha value is -3.14. The number of ether oxygens (including phenoxy) is 1. The summed E-state index contributed by atoms with van der Waals surface area (Å²) >= 11 is 0. The first kappa shape index (κ1) is 18.9. The number of hydrogen-bond acceptors (Lipinski definition) is 4. The Bertz CT molecular complexity index is 1210. The lowest BCUT2D eigenvalue weighted by Crippen LogP contribution is -2.50. The quantitative estimate of drug-likeness (QED) is 0.476. The maximum absolute atomic E-state index is 13.8. The SMILES string of the molecule is Fc1ccc2[nH]c3cc(C(F)(F)F)c(NCC4(Cn5cncn5)COC4)cc3c2c1. The molecule has 0 radical (unpaired) electrons. The van der Waals surface area contributed by atoms with Gasteiger partial charge in [-0.15, -0.1) is 0 Å². The van der Waals surface area contributed by atoms with Crippen molar-refractivity contribution < 1.29 is 22.3 Å². The summed E-state index contributed by atoms with van der Waals surface area (Å²) in [5, 5.41) is 8.10. The lowest BCUT2D eigenvalue weighted by Gasteiger charge is -2.41. The van der Waals surface area contributed by atoms with E-state index in [0.717, 1.165) is 6.07 Å². The second-order valence-corrected chi connectivity index (χ2v) is 7.70. The minimum atomic E-state index is -4.55. The Kier molecular flexibility index (Phi) is 4.21. The lowest BCUT2D eigenvalue weighted by atomic mass is 9.85. The minimum Gasteiger partial charge on any atom is -0.384 e. The number of benzene rings is 2. The summed E-state index contributed by atoms with van der Waals surface area (Å²) in [5.74, 6) is -0.448. The fourth-order valence-electron chi connectivity index (χ4n) is 3.88. The number of rotatable bonds is 5. The van der Waals surface area contributed by atoms with E-state index in [0.29, 0.717) is 41.6 Å². The summed E-state index contributed by atoms with van der Waals surface area (Å²) in [6.07, 6.45) is -1.57. The van der Waals surface area contributed by atoms with Crippen molar-refractivity contribution in [2.24, 2.45) is 5.41 Å². The summed E-state index contributed by atoms with van der Waals surface area (Å²) in [5.41, 5.74) is -0.342. The monoisotopic (exact) mass is 419 g/mol. The van der Waals surface area contributed by atoms with Gasteiger partial charge in [-0.3, -0.25) is 4.68 Å². The molecular weight excluding hydrogens is 402 g/mol. The van der Waals surface area contributed by atoms with Crippen molar-refractivity contribution in [3.05, 3.63) is 54.4 Å². The molecule has 2 aromatic carbocycles. The van der Waals surface area contributed by atoms with Gasteiger partial charge in [0.1, 0.15) is 18.5 Å². The number of H-pyrrole nitrogens is 1. The van der Waals surface area contributed by atoms with Crippen LogP contribution in [-0.2, 0) is 17.5 Å². The Labute approximate surface area is 167 Å². The first-order valence-electron chi connectivity index (χ1n) is 9.29. The predicted octanol–water partition coefficient (Wildman–Crippen LogP) is 4.20. The van der Waals surface area contributed by atoms with Gasteiger partial charge in [-0.2, -0.15) is 18.3 Å². The number of nitrogens with one attached hydrogen (secondary N) is 2. The molecule has 0 spiro atoms. The molecule has 0 bridgehead atoms. The molecule has 0 amide bonds. The largest absolute Gasteiger partial charge is 0.418 e. The van der Waals surface area contributed by atoms with Gasteiger partial charge in [0.2, 0.25) is 0 Å². The molecule has 1 aliphatic heterocycles. The van der Waals surface area contributed by atoms with Crippen LogP contribution in [0, 0.1) is 11.2 Å². The molecule has 30 heavy (non-hydrogen) atoms. The van der Waals surface area contributed by atoms with E-state index in [9.17, 15) is 17.6 Å². The van der Waals surface area contributed by atoms with Gasteiger partial charge in [0.05, 0.1) is 30.7 Å². The average Bonchev–Trinajstić information content (AvgIpc) is 3.29. The lowest BCUT2D eigenvalue weighted by molar-refractivity contribution is -0.137. The second-order valence-electron chi connectivity index (χ2n) is 7.70. The van der Waals surface area contributed by atoms with Gasteiger partial charge in [0, 0.05) is 34.0 Å². The van der Waals surface area contributed by atoms with E-state index in [1.165, 1.54) is 30.6 Å². The molecule has 1 saturated heterocycles. The number of halogens is 4. The van der Waals surface area contributed by atoms with Gasteiger partial charge >= 0.3 is 6.18 Å². The topological polar surface area (TPSA) is 67.8 Å². The fourth-order valence-corrected chi connectivity index (χ4v) is 3.88. The highest BCUT2D eigenvalue weighted by atomic mass is 19.4. The summed E-state index contributed by atoms with van der Waals surface area (Å²) in [4.78, 5) is 6.84. The van der Waals surface area contributed by atoms with Gasteiger partial charge in [-0.05, 0) is 30.3 Å². The number of alkyl halides is 3. The first-order valence-corrected chi connectivity index (χ1v) is 9.29. The maximum Gasteiger partial charge on any atom is 0.418 e. The normalized spacial score (nSPS) is 16.1. The molecule has 2 N–H and O–H groups in total. The van der Waals surface area contributed by atoms with Crippen LogP contribution in [0.3, 0.4) is 0 Å². The molecule has 5 rings (SSSR count). The van der Waals surface area contributed by atoms with Crippen molar-refractivity contribution in [3.63, 3.8) is 0 Å². The summed E-state index contributed by atoms with van der Waals surface area (Å²) in [6.45, 7) is 1.55. The Morgan fingerprint density at radius 3 is 2.60 bits per heavy atom. The van der Waals surface area contributed by atoms with E-state index >= 15 is 0 Å². The summed E-state index contributed by atoms with van der Waals surface area (Å²) in [7, 11) is 0. The van der Waals surface area contributed by atoms with Gasteiger partial charge in [-0.25, -0.2) is 9.37 Å². The zero-order valence-electron chi connectivity index (χ0n) is 15.6. The minimum absolute atomic E-state index is 0.0509. The molecule has 156 valence electrons. The molecular formula is C20H17F4N5O. The smallest absolute Gasteiger partial charge is 0.384 e. The van der Waals surface area contributed by atoms with Crippen LogP contribution in [-0.4, -0.2) is 39.5 Å². The third-order valence-corrected chi connectivity index (χ3v) is 5.44. The van der Waals surface area contributed by atoms with Crippen LogP contribution < -0.4 is 5.32 Å². The zero-order chi connectivity index (χ0) is 20.9. The van der Waals surface area contributed by atoms with E-state index < -0.39 is 23.0 Å². The van der Waals surface area contributed by atoms with Crippen molar-refractivity contribution in [3.8, 4) is 0 Å². The number of aromatic nitrogens is 4. The Morgan fingerprint density at radius 2 is 1.93 bits per heavy atom. The second kappa shape index (κ2) is 6.69. The average molecular weight is 419 g/mol. The van der Waals surface area contributed by atoms with Crippen LogP contribution in [0.1, 0.15) is 5.56 Å².